The van der Waals surface area contributed by atoms with E-state index in [4.69, 9.17) is 14.2 Å². The lowest BCUT2D eigenvalue weighted by molar-refractivity contribution is -0.145. The molecule has 0 spiro atoms. The van der Waals surface area contributed by atoms with Crippen LogP contribution in [0.2, 0.25) is 0 Å². The number of rotatable bonds is 9. The van der Waals surface area contributed by atoms with Crippen LogP contribution in [0.1, 0.15) is 29.3 Å². The van der Waals surface area contributed by atoms with E-state index < -0.39 is 11.9 Å². The van der Waals surface area contributed by atoms with E-state index in [-0.39, 0.29) is 32.0 Å². The molecule has 0 saturated heterocycles. The minimum atomic E-state index is -0.582. The SMILES string of the molecule is CCOC(=O)COc1ccc(C(=O)CC(=O)OCc2ccccc2)cc1. The lowest BCUT2D eigenvalue weighted by Gasteiger charge is -2.07. The van der Waals surface area contributed by atoms with Crippen molar-refractivity contribution < 1.29 is 28.6 Å². The molecule has 2 rings (SSSR count). The number of esters is 2. The fraction of sp³-hybridized carbons (Fsp3) is 0.250. The van der Waals surface area contributed by atoms with E-state index in [9.17, 15) is 14.4 Å². The summed E-state index contributed by atoms with van der Waals surface area (Å²) in [6.45, 7) is 1.93. The summed E-state index contributed by atoms with van der Waals surface area (Å²) in [5.41, 5.74) is 1.22. The molecule has 26 heavy (non-hydrogen) atoms. The zero-order valence-electron chi connectivity index (χ0n) is 14.5. The smallest absolute Gasteiger partial charge is 0.344 e. The molecule has 6 nitrogen and oxygen atoms in total. The first-order chi connectivity index (χ1) is 12.6. The minimum absolute atomic E-state index is 0.133. The van der Waals surface area contributed by atoms with Gasteiger partial charge >= 0.3 is 11.9 Å². The molecule has 2 aromatic carbocycles. The molecular weight excluding hydrogens is 336 g/mol. The van der Waals surface area contributed by atoms with Gasteiger partial charge in [0.2, 0.25) is 0 Å². The molecule has 0 N–H and O–H groups in total. The molecule has 2 aromatic rings. The second-order valence-corrected chi connectivity index (χ2v) is 5.36. The average molecular weight is 356 g/mol. The second kappa shape index (κ2) is 9.98. The molecule has 6 heteroatoms. The Hall–Kier alpha value is -3.15. The molecule has 0 saturated carbocycles. The molecular formula is C20H20O6. The zero-order valence-corrected chi connectivity index (χ0v) is 14.5. The summed E-state index contributed by atoms with van der Waals surface area (Å²) in [6.07, 6.45) is -0.337. The van der Waals surface area contributed by atoms with Gasteiger partial charge < -0.3 is 14.2 Å². The fourth-order valence-electron chi connectivity index (χ4n) is 2.10. The van der Waals surface area contributed by atoms with Crippen LogP contribution in [-0.2, 0) is 25.7 Å². The Morgan fingerprint density at radius 1 is 0.846 bits per heavy atom. The Morgan fingerprint density at radius 2 is 1.54 bits per heavy atom. The quantitative estimate of drug-likeness (QED) is 0.390. The van der Waals surface area contributed by atoms with E-state index >= 15 is 0 Å². The minimum Gasteiger partial charge on any atom is -0.482 e. The van der Waals surface area contributed by atoms with Crippen molar-refractivity contribution in [3.63, 3.8) is 0 Å². The maximum absolute atomic E-state index is 12.1. The number of hydrogen-bond donors (Lipinski definition) is 0. The third kappa shape index (κ3) is 6.39. The van der Waals surface area contributed by atoms with E-state index in [0.29, 0.717) is 11.3 Å². The molecule has 0 unspecified atom stereocenters. The topological polar surface area (TPSA) is 78.9 Å². The molecule has 0 radical (unpaired) electrons. The predicted molar refractivity (Wildman–Crippen MR) is 93.8 cm³/mol. The van der Waals surface area contributed by atoms with Gasteiger partial charge in [0, 0.05) is 5.56 Å². The number of hydrogen-bond acceptors (Lipinski definition) is 6. The van der Waals surface area contributed by atoms with Crippen LogP contribution in [0.25, 0.3) is 0 Å². The Bertz CT molecular complexity index is 737. The summed E-state index contributed by atoms with van der Waals surface area (Å²) in [5.74, 6) is -0.962. The lowest BCUT2D eigenvalue weighted by Crippen LogP contribution is -2.14. The highest BCUT2D eigenvalue weighted by Gasteiger charge is 2.13. The van der Waals surface area contributed by atoms with Crippen molar-refractivity contribution in [3.8, 4) is 5.75 Å². The summed E-state index contributed by atoms with van der Waals surface area (Å²) in [5, 5.41) is 0. The van der Waals surface area contributed by atoms with Crippen molar-refractivity contribution in [1.29, 1.82) is 0 Å². The molecule has 0 atom stereocenters. The van der Waals surface area contributed by atoms with Gasteiger partial charge in [0.25, 0.3) is 0 Å². The van der Waals surface area contributed by atoms with Crippen molar-refractivity contribution in [2.75, 3.05) is 13.2 Å². The maximum Gasteiger partial charge on any atom is 0.344 e. The molecule has 0 bridgehead atoms. The Labute approximate surface area is 151 Å². The summed E-state index contributed by atoms with van der Waals surface area (Å²) in [4.78, 5) is 35.1. The Balaban J connectivity index is 1.79. The maximum atomic E-state index is 12.1. The number of ketones is 1. The van der Waals surface area contributed by atoms with Gasteiger partial charge in [-0.25, -0.2) is 4.79 Å². The van der Waals surface area contributed by atoms with E-state index in [2.05, 4.69) is 0 Å². The van der Waals surface area contributed by atoms with Crippen LogP contribution in [-0.4, -0.2) is 30.9 Å². The molecule has 136 valence electrons. The summed E-state index contributed by atoms with van der Waals surface area (Å²) < 4.78 is 15.1. The summed E-state index contributed by atoms with van der Waals surface area (Å²) >= 11 is 0. The van der Waals surface area contributed by atoms with E-state index in [0.717, 1.165) is 5.56 Å². The molecule has 0 amide bonds. The van der Waals surface area contributed by atoms with E-state index in [1.54, 1.807) is 19.1 Å². The van der Waals surface area contributed by atoms with Crippen molar-refractivity contribution in [3.05, 3.63) is 65.7 Å². The number of carbonyl (C=O) groups is 3. The molecule has 0 aliphatic carbocycles. The first kappa shape index (κ1) is 19.2. The highest BCUT2D eigenvalue weighted by atomic mass is 16.6. The highest BCUT2D eigenvalue weighted by molar-refractivity contribution is 6.05. The predicted octanol–water partition coefficient (Wildman–Crippen LogP) is 2.94. The standard InChI is InChI=1S/C20H20O6/c1-2-24-20(23)14-25-17-10-8-16(9-11-17)18(21)12-19(22)26-13-15-6-4-3-5-7-15/h3-11H,2,12-14H2,1H3. The van der Waals surface area contributed by atoms with Crippen molar-refractivity contribution >= 4 is 17.7 Å². The third-order valence-corrected chi connectivity index (χ3v) is 3.39. The molecule has 0 aromatic heterocycles. The van der Waals surface area contributed by atoms with Crippen molar-refractivity contribution in [2.45, 2.75) is 20.0 Å². The van der Waals surface area contributed by atoms with Gasteiger partial charge in [-0.3, -0.25) is 9.59 Å². The summed E-state index contributed by atoms with van der Waals surface area (Å²) in [6, 6.07) is 15.4. The highest BCUT2D eigenvalue weighted by Crippen LogP contribution is 2.14. The molecule has 0 aliphatic rings. The van der Waals surface area contributed by atoms with Gasteiger partial charge in [-0.15, -0.1) is 0 Å². The number of Topliss-reactive ketones (excluding diaryl/α,β-unsaturated/α-hetero) is 1. The van der Waals surface area contributed by atoms with Gasteiger partial charge in [0.05, 0.1) is 6.61 Å². The van der Waals surface area contributed by atoms with Crippen LogP contribution in [0.5, 0.6) is 5.75 Å². The Kier molecular flexibility index (Phi) is 7.36. The first-order valence-corrected chi connectivity index (χ1v) is 8.19. The number of benzene rings is 2. The fourth-order valence-corrected chi connectivity index (χ4v) is 2.10. The van der Waals surface area contributed by atoms with Crippen molar-refractivity contribution in [2.24, 2.45) is 0 Å². The van der Waals surface area contributed by atoms with Crippen LogP contribution >= 0.6 is 0 Å². The van der Waals surface area contributed by atoms with Crippen LogP contribution in [0.4, 0.5) is 0 Å². The van der Waals surface area contributed by atoms with Crippen LogP contribution in [0, 0.1) is 0 Å². The number of ether oxygens (including phenoxy) is 3. The van der Waals surface area contributed by atoms with Crippen LogP contribution in [0.15, 0.2) is 54.6 Å². The zero-order chi connectivity index (χ0) is 18.8. The lowest BCUT2D eigenvalue weighted by atomic mass is 10.1. The monoisotopic (exact) mass is 356 g/mol. The van der Waals surface area contributed by atoms with Gasteiger partial charge in [0.1, 0.15) is 18.8 Å². The van der Waals surface area contributed by atoms with E-state index in [1.165, 1.54) is 12.1 Å². The average Bonchev–Trinajstić information content (AvgIpc) is 2.66. The third-order valence-electron chi connectivity index (χ3n) is 3.39. The Morgan fingerprint density at radius 3 is 2.19 bits per heavy atom. The van der Waals surface area contributed by atoms with Crippen LogP contribution in [0.3, 0.4) is 0 Å². The van der Waals surface area contributed by atoms with E-state index in [1.807, 2.05) is 30.3 Å². The van der Waals surface area contributed by atoms with Gasteiger partial charge in [-0.1, -0.05) is 30.3 Å². The second-order valence-electron chi connectivity index (χ2n) is 5.36. The normalized spacial score (nSPS) is 10.0. The summed E-state index contributed by atoms with van der Waals surface area (Å²) in [7, 11) is 0. The molecule has 0 aliphatic heterocycles. The van der Waals surface area contributed by atoms with Crippen molar-refractivity contribution in [1.82, 2.24) is 0 Å². The molecule has 0 fully saturated rings. The van der Waals surface area contributed by atoms with Gasteiger partial charge in [-0.2, -0.15) is 0 Å². The first-order valence-electron chi connectivity index (χ1n) is 8.19. The van der Waals surface area contributed by atoms with Crippen LogP contribution < -0.4 is 4.74 Å². The van der Waals surface area contributed by atoms with Gasteiger partial charge in [0.15, 0.2) is 12.4 Å². The number of carbonyl (C=O) groups excluding carboxylic acids is 3. The van der Waals surface area contributed by atoms with Gasteiger partial charge in [-0.05, 0) is 36.8 Å². The molecule has 0 heterocycles. The largest absolute Gasteiger partial charge is 0.482 e.